The number of anilines is 1. The molecular weight excluding hydrogens is 662 g/mol. The van der Waals surface area contributed by atoms with Crippen LogP contribution >= 0.6 is 27.5 Å². The zero-order valence-corrected chi connectivity index (χ0v) is 28.5. The minimum atomic E-state index is -3.64. The molecule has 1 saturated carbocycles. The Morgan fingerprint density at radius 1 is 0.977 bits per heavy atom. The fourth-order valence-electron chi connectivity index (χ4n) is 5.76. The van der Waals surface area contributed by atoms with Crippen LogP contribution in [0.1, 0.15) is 61.6 Å². The van der Waals surface area contributed by atoms with Crippen molar-refractivity contribution >= 4 is 55.1 Å². The fraction of sp³-hybridized carbons (Fsp3) is 0.412. The molecule has 0 saturated heterocycles. The molecule has 2 amide bonds. The van der Waals surface area contributed by atoms with E-state index in [-0.39, 0.29) is 43.8 Å². The molecule has 236 valence electrons. The van der Waals surface area contributed by atoms with Crippen molar-refractivity contribution in [2.24, 2.45) is 0 Å². The van der Waals surface area contributed by atoms with Crippen molar-refractivity contribution in [1.82, 2.24) is 10.2 Å². The standard InChI is InChI=1S/C34H41BrClN3O4S/c1-25-18-19-29(36)23-31(25)39(44(2,42)43)20-10-17-33(40)38(24-27-13-9-14-28(35)21-27)32(22-26-11-5-3-6-12-26)34(41)37-30-15-7-4-8-16-30/h3,5-6,9,11-14,18-19,21,23,30,32H,4,7-8,10,15-17,20,22,24H2,1-2H3,(H,37,41)/t32-/m0/s1. The lowest BCUT2D eigenvalue weighted by Crippen LogP contribution is -2.53. The van der Waals surface area contributed by atoms with Crippen LogP contribution in [0, 0.1) is 6.92 Å². The van der Waals surface area contributed by atoms with Crippen molar-refractivity contribution in [1.29, 1.82) is 0 Å². The van der Waals surface area contributed by atoms with Crippen LogP contribution in [0.25, 0.3) is 0 Å². The normalized spacial score (nSPS) is 14.5. The summed E-state index contributed by atoms with van der Waals surface area (Å²) < 4.78 is 27.8. The lowest BCUT2D eigenvalue weighted by molar-refractivity contribution is -0.141. The third-order valence-corrected chi connectivity index (χ3v) is 9.96. The SMILES string of the molecule is Cc1ccc(Cl)cc1N(CCCC(=O)N(Cc1cccc(Br)c1)[C@@H](Cc1ccccc1)C(=O)NC1CCCCC1)S(C)(=O)=O. The Bertz CT molecular complexity index is 1530. The van der Waals surface area contributed by atoms with Crippen LogP contribution in [0.4, 0.5) is 5.69 Å². The van der Waals surface area contributed by atoms with E-state index in [1.807, 2.05) is 61.5 Å². The van der Waals surface area contributed by atoms with E-state index in [0.29, 0.717) is 17.1 Å². The first-order chi connectivity index (χ1) is 21.0. The van der Waals surface area contributed by atoms with Crippen LogP contribution < -0.4 is 9.62 Å². The Kier molecular flexibility index (Phi) is 12.3. The van der Waals surface area contributed by atoms with E-state index in [2.05, 4.69) is 21.2 Å². The third kappa shape index (κ3) is 9.81. The van der Waals surface area contributed by atoms with Crippen molar-refractivity contribution in [3.8, 4) is 0 Å². The van der Waals surface area contributed by atoms with Crippen molar-refractivity contribution in [3.63, 3.8) is 0 Å². The van der Waals surface area contributed by atoms with Crippen molar-refractivity contribution in [2.75, 3.05) is 17.1 Å². The van der Waals surface area contributed by atoms with Gasteiger partial charge in [0.15, 0.2) is 0 Å². The highest BCUT2D eigenvalue weighted by Crippen LogP contribution is 2.27. The molecule has 3 aromatic rings. The summed E-state index contributed by atoms with van der Waals surface area (Å²) in [6.07, 6.45) is 7.08. The summed E-state index contributed by atoms with van der Waals surface area (Å²) in [5.41, 5.74) is 3.11. The molecule has 4 rings (SSSR count). The molecule has 0 aliphatic heterocycles. The van der Waals surface area contributed by atoms with Crippen molar-refractivity contribution < 1.29 is 18.0 Å². The minimum absolute atomic E-state index is 0.0711. The molecule has 0 heterocycles. The minimum Gasteiger partial charge on any atom is -0.352 e. The largest absolute Gasteiger partial charge is 0.352 e. The average molecular weight is 703 g/mol. The van der Waals surface area contributed by atoms with Gasteiger partial charge in [0.2, 0.25) is 21.8 Å². The number of carbonyl (C=O) groups is 2. The van der Waals surface area contributed by atoms with Crippen LogP contribution in [-0.4, -0.2) is 50.0 Å². The maximum absolute atomic E-state index is 14.1. The van der Waals surface area contributed by atoms with Crippen molar-refractivity contribution in [3.05, 3.63) is 99.0 Å². The molecule has 1 fully saturated rings. The maximum atomic E-state index is 14.1. The molecular formula is C34H41BrClN3O4S. The molecule has 0 unspecified atom stereocenters. The van der Waals surface area contributed by atoms with Gasteiger partial charge < -0.3 is 10.2 Å². The average Bonchev–Trinajstić information content (AvgIpc) is 2.99. The quantitative estimate of drug-likeness (QED) is 0.207. The molecule has 10 heteroatoms. The van der Waals surface area contributed by atoms with E-state index >= 15 is 0 Å². The predicted molar refractivity (Wildman–Crippen MR) is 181 cm³/mol. The van der Waals surface area contributed by atoms with Gasteiger partial charge in [-0.2, -0.15) is 0 Å². The number of hydrogen-bond donors (Lipinski definition) is 1. The topological polar surface area (TPSA) is 86.8 Å². The number of aryl methyl sites for hydroxylation is 1. The first-order valence-electron chi connectivity index (χ1n) is 15.1. The highest BCUT2D eigenvalue weighted by molar-refractivity contribution is 9.10. The van der Waals surface area contributed by atoms with Gasteiger partial charge in [0, 0.05) is 41.5 Å². The zero-order chi connectivity index (χ0) is 31.7. The van der Waals surface area contributed by atoms with Crippen LogP contribution in [0.2, 0.25) is 5.02 Å². The number of nitrogens with one attached hydrogen (secondary N) is 1. The Morgan fingerprint density at radius 3 is 2.36 bits per heavy atom. The van der Waals surface area contributed by atoms with Crippen LogP contribution in [0.3, 0.4) is 0 Å². The van der Waals surface area contributed by atoms with Gasteiger partial charge in [-0.05, 0) is 67.1 Å². The van der Waals surface area contributed by atoms with Gasteiger partial charge in [-0.15, -0.1) is 0 Å². The highest BCUT2D eigenvalue weighted by Gasteiger charge is 2.32. The summed E-state index contributed by atoms with van der Waals surface area (Å²) in [4.78, 5) is 29.7. The first-order valence-corrected chi connectivity index (χ1v) is 18.2. The molecule has 7 nitrogen and oxygen atoms in total. The molecule has 44 heavy (non-hydrogen) atoms. The number of nitrogens with zero attached hydrogens (tertiary/aromatic N) is 2. The molecule has 1 atom stereocenters. The van der Waals surface area contributed by atoms with Gasteiger partial charge in [-0.25, -0.2) is 8.42 Å². The van der Waals surface area contributed by atoms with E-state index in [1.54, 1.807) is 23.1 Å². The number of benzene rings is 3. The number of sulfonamides is 1. The molecule has 0 radical (unpaired) electrons. The lowest BCUT2D eigenvalue weighted by Gasteiger charge is -2.34. The van der Waals surface area contributed by atoms with Crippen molar-refractivity contribution in [2.45, 2.75) is 76.9 Å². The van der Waals surface area contributed by atoms with Crippen LogP contribution in [-0.2, 0) is 32.6 Å². The molecule has 0 bridgehead atoms. The second-order valence-electron chi connectivity index (χ2n) is 11.6. The van der Waals surface area contributed by atoms with Gasteiger partial charge in [-0.1, -0.05) is 95.3 Å². The van der Waals surface area contributed by atoms with Gasteiger partial charge in [0.05, 0.1) is 11.9 Å². The molecule has 1 aliphatic rings. The third-order valence-electron chi connectivity index (χ3n) is 8.06. The Morgan fingerprint density at radius 2 is 1.68 bits per heavy atom. The van der Waals surface area contributed by atoms with E-state index in [0.717, 1.165) is 53.1 Å². The van der Waals surface area contributed by atoms with E-state index in [4.69, 9.17) is 11.6 Å². The Hall–Kier alpha value is -2.88. The predicted octanol–water partition coefficient (Wildman–Crippen LogP) is 7.05. The Labute approximate surface area is 275 Å². The lowest BCUT2D eigenvalue weighted by atomic mass is 9.94. The van der Waals surface area contributed by atoms with E-state index < -0.39 is 16.1 Å². The number of hydrogen-bond acceptors (Lipinski definition) is 4. The summed E-state index contributed by atoms with van der Waals surface area (Å²) in [5, 5.41) is 3.69. The van der Waals surface area contributed by atoms with Gasteiger partial charge in [-0.3, -0.25) is 13.9 Å². The van der Waals surface area contributed by atoms with Gasteiger partial charge in [0.25, 0.3) is 0 Å². The summed E-state index contributed by atoms with van der Waals surface area (Å²) in [7, 11) is -3.64. The maximum Gasteiger partial charge on any atom is 0.243 e. The number of carbonyl (C=O) groups excluding carboxylic acids is 2. The molecule has 0 spiro atoms. The Balaban J connectivity index is 1.60. The second kappa shape index (κ2) is 15.9. The molecule has 0 aromatic heterocycles. The zero-order valence-electron chi connectivity index (χ0n) is 25.3. The highest BCUT2D eigenvalue weighted by atomic mass is 79.9. The molecule has 1 N–H and O–H groups in total. The van der Waals surface area contributed by atoms with Crippen LogP contribution in [0.5, 0.6) is 0 Å². The summed E-state index contributed by atoms with van der Waals surface area (Å²) in [5.74, 6) is -0.364. The smallest absolute Gasteiger partial charge is 0.243 e. The molecule has 3 aromatic carbocycles. The monoisotopic (exact) mass is 701 g/mol. The van der Waals surface area contributed by atoms with Crippen LogP contribution in [0.15, 0.2) is 77.3 Å². The van der Waals surface area contributed by atoms with E-state index in [1.165, 1.54) is 10.7 Å². The van der Waals surface area contributed by atoms with Gasteiger partial charge in [0.1, 0.15) is 6.04 Å². The summed E-state index contributed by atoms with van der Waals surface area (Å²) >= 11 is 9.73. The first kappa shape index (κ1) is 34.0. The van der Waals surface area contributed by atoms with E-state index in [9.17, 15) is 18.0 Å². The second-order valence-corrected chi connectivity index (χ2v) is 14.8. The molecule has 1 aliphatic carbocycles. The number of amides is 2. The fourth-order valence-corrected chi connectivity index (χ4v) is 7.39. The number of rotatable bonds is 13. The summed E-state index contributed by atoms with van der Waals surface area (Å²) in [6, 6.07) is 22.0. The van der Waals surface area contributed by atoms with Gasteiger partial charge >= 0.3 is 0 Å². The summed E-state index contributed by atoms with van der Waals surface area (Å²) in [6.45, 7) is 2.18. The number of halogens is 2.